The van der Waals surface area contributed by atoms with E-state index in [1.807, 2.05) is 11.3 Å². The molecule has 0 saturated heterocycles. The standard InChI is InChI=1S/C10H15IS/c1-2-3-4-5-6-9-7-8-12-10(9)11/h7-8H,2-6H2,1H3. The third-order valence-corrected chi connectivity index (χ3v) is 4.19. The smallest absolute Gasteiger partial charge is 0.0685 e. The molecule has 12 heavy (non-hydrogen) atoms. The molecular formula is C10H15IS. The Bertz CT molecular complexity index is 217. The van der Waals surface area contributed by atoms with E-state index in [2.05, 4.69) is 41.0 Å². The Morgan fingerprint density at radius 3 is 2.75 bits per heavy atom. The van der Waals surface area contributed by atoms with Crippen LogP contribution < -0.4 is 0 Å². The van der Waals surface area contributed by atoms with Gasteiger partial charge in [-0.2, -0.15) is 0 Å². The van der Waals surface area contributed by atoms with Crippen molar-refractivity contribution in [1.82, 2.24) is 0 Å². The van der Waals surface area contributed by atoms with Crippen LogP contribution >= 0.6 is 33.9 Å². The first-order valence-corrected chi connectivity index (χ1v) is 6.52. The zero-order chi connectivity index (χ0) is 8.81. The largest absolute Gasteiger partial charge is 0.137 e. The number of hydrogen-bond acceptors (Lipinski definition) is 1. The number of unbranched alkanes of at least 4 members (excludes halogenated alkanes) is 3. The van der Waals surface area contributed by atoms with Gasteiger partial charge in [-0.15, -0.1) is 11.3 Å². The Hall–Kier alpha value is 0.430. The van der Waals surface area contributed by atoms with Crippen LogP contribution in [0.4, 0.5) is 0 Å². The van der Waals surface area contributed by atoms with Crippen LogP contribution in [0.25, 0.3) is 0 Å². The summed E-state index contributed by atoms with van der Waals surface area (Å²) in [5.74, 6) is 0. The fourth-order valence-corrected chi connectivity index (χ4v) is 2.80. The van der Waals surface area contributed by atoms with E-state index in [0.29, 0.717) is 0 Å². The fourth-order valence-electron chi connectivity index (χ4n) is 1.24. The molecule has 0 aliphatic rings. The predicted molar refractivity (Wildman–Crippen MR) is 64.9 cm³/mol. The highest BCUT2D eigenvalue weighted by Crippen LogP contribution is 2.20. The van der Waals surface area contributed by atoms with Gasteiger partial charge in [0.2, 0.25) is 0 Å². The van der Waals surface area contributed by atoms with Gasteiger partial charge < -0.3 is 0 Å². The second-order valence-electron chi connectivity index (χ2n) is 3.03. The molecule has 0 N–H and O–H groups in total. The lowest BCUT2D eigenvalue weighted by atomic mass is 10.1. The van der Waals surface area contributed by atoms with Crippen molar-refractivity contribution >= 4 is 33.9 Å². The molecule has 0 saturated carbocycles. The van der Waals surface area contributed by atoms with Gasteiger partial charge in [0.25, 0.3) is 0 Å². The molecule has 0 bridgehead atoms. The fraction of sp³-hybridized carbons (Fsp3) is 0.600. The molecule has 2 heteroatoms. The molecule has 1 rings (SSSR count). The van der Waals surface area contributed by atoms with E-state index in [1.165, 1.54) is 35.0 Å². The monoisotopic (exact) mass is 294 g/mol. The quantitative estimate of drug-likeness (QED) is 0.555. The van der Waals surface area contributed by atoms with Crippen molar-refractivity contribution in [2.24, 2.45) is 0 Å². The van der Waals surface area contributed by atoms with E-state index in [4.69, 9.17) is 0 Å². The average Bonchev–Trinajstić information content (AvgIpc) is 2.46. The minimum atomic E-state index is 1.28. The van der Waals surface area contributed by atoms with Crippen molar-refractivity contribution in [3.05, 3.63) is 19.9 Å². The van der Waals surface area contributed by atoms with Gasteiger partial charge in [-0.1, -0.05) is 26.2 Å². The predicted octanol–water partition coefficient (Wildman–Crippen LogP) is 4.48. The summed E-state index contributed by atoms with van der Waals surface area (Å²) in [7, 11) is 0. The van der Waals surface area contributed by atoms with Crippen LogP contribution in [-0.2, 0) is 6.42 Å². The molecule has 0 unspecified atom stereocenters. The molecule has 0 aliphatic carbocycles. The van der Waals surface area contributed by atoms with Crippen LogP contribution in [-0.4, -0.2) is 0 Å². The number of halogens is 1. The van der Waals surface area contributed by atoms with Crippen molar-refractivity contribution < 1.29 is 0 Å². The third kappa shape index (κ3) is 3.44. The molecule has 0 aromatic carbocycles. The van der Waals surface area contributed by atoms with Gasteiger partial charge in [0.15, 0.2) is 0 Å². The Kier molecular flexibility index (Phi) is 5.23. The lowest BCUT2D eigenvalue weighted by molar-refractivity contribution is 0.667. The first-order valence-electron chi connectivity index (χ1n) is 4.56. The lowest BCUT2D eigenvalue weighted by Gasteiger charge is -1.98. The zero-order valence-electron chi connectivity index (χ0n) is 7.48. The Labute approximate surface area is 92.5 Å². The number of rotatable bonds is 5. The van der Waals surface area contributed by atoms with Gasteiger partial charge in [0.05, 0.1) is 2.88 Å². The topological polar surface area (TPSA) is 0 Å². The molecule has 1 heterocycles. The van der Waals surface area contributed by atoms with Crippen LogP contribution in [0, 0.1) is 2.88 Å². The van der Waals surface area contributed by atoms with Crippen molar-refractivity contribution in [1.29, 1.82) is 0 Å². The molecule has 1 aromatic heterocycles. The van der Waals surface area contributed by atoms with Gasteiger partial charge in [-0.05, 0) is 52.4 Å². The summed E-state index contributed by atoms with van der Waals surface area (Å²) in [5, 5.41) is 2.19. The normalized spacial score (nSPS) is 10.5. The molecule has 68 valence electrons. The van der Waals surface area contributed by atoms with Crippen LogP contribution in [0.15, 0.2) is 11.4 Å². The van der Waals surface area contributed by atoms with Crippen molar-refractivity contribution in [3.63, 3.8) is 0 Å². The van der Waals surface area contributed by atoms with Crippen molar-refractivity contribution in [3.8, 4) is 0 Å². The van der Waals surface area contributed by atoms with Gasteiger partial charge in [0, 0.05) is 0 Å². The number of thiophene rings is 1. The molecule has 0 atom stereocenters. The maximum absolute atomic E-state index is 2.44. The van der Waals surface area contributed by atoms with E-state index in [1.54, 1.807) is 5.56 Å². The van der Waals surface area contributed by atoms with Gasteiger partial charge in [-0.3, -0.25) is 0 Å². The summed E-state index contributed by atoms with van der Waals surface area (Å²) in [6, 6.07) is 2.26. The second-order valence-corrected chi connectivity index (χ2v) is 5.76. The second kappa shape index (κ2) is 5.97. The summed E-state index contributed by atoms with van der Waals surface area (Å²) in [6.07, 6.45) is 6.76. The van der Waals surface area contributed by atoms with Crippen LogP contribution in [0.1, 0.15) is 38.2 Å². The molecule has 0 aliphatic heterocycles. The van der Waals surface area contributed by atoms with Crippen LogP contribution in [0.2, 0.25) is 0 Å². The Morgan fingerprint density at radius 1 is 1.33 bits per heavy atom. The van der Waals surface area contributed by atoms with E-state index >= 15 is 0 Å². The molecule has 0 amide bonds. The van der Waals surface area contributed by atoms with E-state index in [0.717, 1.165) is 0 Å². The average molecular weight is 294 g/mol. The summed E-state index contributed by atoms with van der Waals surface area (Å²) in [6.45, 7) is 2.26. The molecule has 1 aromatic rings. The summed E-state index contributed by atoms with van der Waals surface area (Å²) in [4.78, 5) is 0. The van der Waals surface area contributed by atoms with E-state index < -0.39 is 0 Å². The third-order valence-electron chi connectivity index (χ3n) is 1.99. The zero-order valence-corrected chi connectivity index (χ0v) is 10.5. The van der Waals surface area contributed by atoms with Gasteiger partial charge >= 0.3 is 0 Å². The highest BCUT2D eigenvalue weighted by atomic mass is 127. The first kappa shape index (κ1) is 10.5. The van der Waals surface area contributed by atoms with E-state index in [-0.39, 0.29) is 0 Å². The lowest BCUT2D eigenvalue weighted by Crippen LogP contribution is -1.84. The highest BCUT2D eigenvalue weighted by molar-refractivity contribution is 14.1. The van der Waals surface area contributed by atoms with Crippen molar-refractivity contribution in [2.75, 3.05) is 0 Å². The molecule has 0 radical (unpaired) electrons. The minimum absolute atomic E-state index is 1.28. The maximum Gasteiger partial charge on any atom is 0.0685 e. The van der Waals surface area contributed by atoms with Crippen molar-refractivity contribution in [2.45, 2.75) is 39.0 Å². The van der Waals surface area contributed by atoms with Crippen LogP contribution in [0.3, 0.4) is 0 Å². The van der Waals surface area contributed by atoms with E-state index in [9.17, 15) is 0 Å². The molecule has 0 spiro atoms. The summed E-state index contributed by atoms with van der Waals surface area (Å²) < 4.78 is 1.48. The number of hydrogen-bond donors (Lipinski definition) is 0. The maximum atomic E-state index is 2.44. The summed E-state index contributed by atoms with van der Waals surface area (Å²) in [5.41, 5.74) is 1.55. The Morgan fingerprint density at radius 2 is 2.17 bits per heavy atom. The molecular weight excluding hydrogens is 279 g/mol. The highest BCUT2D eigenvalue weighted by Gasteiger charge is 1.99. The molecule has 0 nitrogen and oxygen atoms in total. The minimum Gasteiger partial charge on any atom is -0.137 e. The Balaban J connectivity index is 2.20. The van der Waals surface area contributed by atoms with Gasteiger partial charge in [-0.25, -0.2) is 0 Å². The van der Waals surface area contributed by atoms with Crippen LogP contribution in [0.5, 0.6) is 0 Å². The van der Waals surface area contributed by atoms with Gasteiger partial charge in [0.1, 0.15) is 0 Å². The first-order chi connectivity index (χ1) is 5.84. The molecule has 0 fully saturated rings. The SMILES string of the molecule is CCCCCCc1ccsc1I. The summed E-state index contributed by atoms with van der Waals surface area (Å²) >= 11 is 4.29. The number of aryl methyl sites for hydroxylation is 1.